The SMILES string of the molecule is NC1(Cc2cccc(F)c2F)CCCCc2ccccc21. The fourth-order valence-corrected chi connectivity index (χ4v) is 3.32. The van der Waals surface area contributed by atoms with Gasteiger partial charge in [-0.05, 0) is 48.4 Å². The van der Waals surface area contributed by atoms with Crippen molar-refractivity contribution >= 4 is 0 Å². The Morgan fingerprint density at radius 3 is 2.67 bits per heavy atom. The zero-order chi connectivity index (χ0) is 14.9. The Morgan fingerprint density at radius 1 is 1.00 bits per heavy atom. The molecule has 2 aromatic rings. The number of halogens is 2. The molecule has 1 nitrogen and oxygen atoms in total. The highest BCUT2D eigenvalue weighted by Crippen LogP contribution is 2.35. The summed E-state index contributed by atoms with van der Waals surface area (Å²) in [7, 11) is 0. The van der Waals surface area contributed by atoms with Gasteiger partial charge in [0.1, 0.15) is 0 Å². The van der Waals surface area contributed by atoms with Crippen molar-refractivity contribution in [2.24, 2.45) is 5.73 Å². The minimum Gasteiger partial charge on any atom is -0.321 e. The van der Waals surface area contributed by atoms with Crippen LogP contribution in [-0.4, -0.2) is 0 Å². The standard InChI is InChI=1S/C18H19F2N/c19-16-10-5-8-14(17(16)20)12-18(21)11-4-3-7-13-6-1-2-9-15(13)18/h1-2,5-6,8-10H,3-4,7,11-12,21H2. The summed E-state index contributed by atoms with van der Waals surface area (Å²) < 4.78 is 27.4. The van der Waals surface area contributed by atoms with Crippen LogP contribution in [-0.2, 0) is 18.4 Å². The number of hydrogen-bond acceptors (Lipinski definition) is 1. The molecule has 0 bridgehead atoms. The molecule has 0 aliphatic heterocycles. The molecule has 1 atom stereocenters. The summed E-state index contributed by atoms with van der Waals surface area (Å²) in [4.78, 5) is 0. The summed E-state index contributed by atoms with van der Waals surface area (Å²) in [5.41, 5.74) is 8.67. The van der Waals surface area contributed by atoms with Crippen LogP contribution in [0.5, 0.6) is 0 Å². The number of nitrogens with two attached hydrogens (primary N) is 1. The molecule has 2 N–H and O–H groups in total. The van der Waals surface area contributed by atoms with Crippen LogP contribution in [0, 0.1) is 11.6 Å². The molecule has 1 aliphatic rings. The van der Waals surface area contributed by atoms with E-state index in [1.165, 1.54) is 5.56 Å². The van der Waals surface area contributed by atoms with Crippen molar-refractivity contribution in [2.75, 3.05) is 0 Å². The van der Waals surface area contributed by atoms with Gasteiger partial charge in [0.05, 0.1) is 0 Å². The third kappa shape index (κ3) is 2.70. The van der Waals surface area contributed by atoms with Gasteiger partial charge in [0.25, 0.3) is 0 Å². The Morgan fingerprint density at radius 2 is 1.81 bits per heavy atom. The van der Waals surface area contributed by atoms with E-state index in [0.29, 0.717) is 12.0 Å². The predicted octanol–water partition coefficient (Wildman–Crippen LogP) is 4.09. The van der Waals surface area contributed by atoms with E-state index in [0.717, 1.165) is 37.3 Å². The fourth-order valence-electron chi connectivity index (χ4n) is 3.32. The Bertz CT molecular complexity index is 653. The first-order valence-corrected chi connectivity index (χ1v) is 7.40. The topological polar surface area (TPSA) is 26.0 Å². The third-order valence-electron chi connectivity index (χ3n) is 4.41. The summed E-state index contributed by atoms with van der Waals surface area (Å²) in [6.07, 6.45) is 4.21. The number of benzene rings is 2. The molecule has 1 aliphatic carbocycles. The van der Waals surface area contributed by atoms with Crippen molar-refractivity contribution in [3.63, 3.8) is 0 Å². The summed E-state index contributed by atoms with van der Waals surface area (Å²) in [5, 5.41) is 0. The van der Waals surface area contributed by atoms with Crippen molar-refractivity contribution in [1.29, 1.82) is 0 Å². The Labute approximate surface area is 123 Å². The van der Waals surface area contributed by atoms with E-state index in [-0.39, 0.29) is 0 Å². The Hall–Kier alpha value is -1.74. The van der Waals surface area contributed by atoms with Crippen molar-refractivity contribution < 1.29 is 8.78 Å². The monoisotopic (exact) mass is 287 g/mol. The fraction of sp³-hybridized carbons (Fsp3) is 0.333. The average molecular weight is 287 g/mol. The van der Waals surface area contributed by atoms with Crippen LogP contribution < -0.4 is 5.73 Å². The minimum absolute atomic E-state index is 0.327. The van der Waals surface area contributed by atoms with Crippen molar-refractivity contribution in [3.05, 3.63) is 70.8 Å². The second-order valence-corrected chi connectivity index (χ2v) is 5.91. The van der Waals surface area contributed by atoms with Crippen LogP contribution in [0.4, 0.5) is 8.78 Å². The molecule has 110 valence electrons. The third-order valence-corrected chi connectivity index (χ3v) is 4.41. The van der Waals surface area contributed by atoms with Crippen molar-refractivity contribution in [2.45, 2.75) is 37.6 Å². The first kappa shape index (κ1) is 14.2. The molecule has 0 fully saturated rings. The lowest BCUT2D eigenvalue weighted by Crippen LogP contribution is -2.39. The molecule has 2 aromatic carbocycles. The predicted molar refractivity (Wildman–Crippen MR) is 79.9 cm³/mol. The van der Waals surface area contributed by atoms with Crippen LogP contribution >= 0.6 is 0 Å². The quantitative estimate of drug-likeness (QED) is 0.827. The minimum atomic E-state index is -0.807. The van der Waals surface area contributed by atoms with Crippen LogP contribution in [0.1, 0.15) is 36.0 Å². The van der Waals surface area contributed by atoms with Crippen LogP contribution in [0.25, 0.3) is 0 Å². The zero-order valence-electron chi connectivity index (χ0n) is 11.9. The summed E-state index contributed by atoms with van der Waals surface area (Å²) in [6, 6.07) is 12.4. The maximum Gasteiger partial charge on any atom is 0.162 e. The highest BCUT2D eigenvalue weighted by molar-refractivity contribution is 5.37. The van der Waals surface area contributed by atoms with Gasteiger partial charge in [0, 0.05) is 5.54 Å². The second kappa shape index (κ2) is 5.57. The normalized spacial score (nSPS) is 21.7. The highest BCUT2D eigenvalue weighted by atomic mass is 19.2. The summed E-state index contributed by atoms with van der Waals surface area (Å²) in [5.74, 6) is -1.58. The van der Waals surface area contributed by atoms with Gasteiger partial charge in [-0.1, -0.05) is 42.8 Å². The average Bonchev–Trinajstić information content (AvgIpc) is 2.64. The lowest BCUT2D eigenvalue weighted by molar-refractivity contribution is 0.387. The van der Waals surface area contributed by atoms with Gasteiger partial charge in [-0.15, -0.1) is 0 Å². The van der Waals surface area contributed by atoms with E-state index in [9.17, 15) is 8.78 Å². The maximum absolute atomic E-state index is 14.0. The molecular weight excluding hydrogens is 268 g/mol. The van der Waals surface area contributed by atoms with Gasteiger partial charge in [0.15, 0.2) is 11.6 Å². The first-order valence-electron chi connectivity index (χ1n) is 7.40. The highest BCUT2D eigenvalue weighted by Gasteiger charge is 2.32. The van der Waals surface area contributed by atoms with E-state index in [1.54, 1.807) is 12.1 Å². The Balaban J connectivity index is 2.02. The molecule has 0 aromatic heterocycles. The van der Waals surface area contributed by atoms with Gasteiger partial charge < -0.3 is 5.73 Å². The number of fused-ring (bicyclic) bond motifs is 1. The molecule has 21 heavy (non-hydrogen) atoms. The van der Waals surface area contributed by atoms with E-state index in [1.807, 2.05) is 18.2 Å². The summed E-state index contributed by atoms with van der Waals surface area (Å²) in [6.45, 7) is 0. The molecule has 0 radical (unpaired) electrons. The van der Waals surface area contributed by atoms with E-state index in [2.05, 4.69) is 6.07 Å². The lowest BCUT2D eigenvalue weighted by Gasteiger charge is -2.31. The van der Waals surface area contributed by atoms with E-state index >= 15 is 0 Å². The largest absolute Gasteiger partial charge is 0.321 e. The van der Waals surface area contributed by atoms with E-state index in [4.69, 9.17) is 5.73 Å². The molecule has 0 saturated heterocycles. The first-order chi connectivity index (χ1) is 10.1. The lowest BCUT2D eigenvalue weighted by atomic mass is 9.80. The van der Waals surface area contributed by atoms with E-state index < -0.39 is 17.2 Å². The van der Waals surface area contributed by atoms with Gasteiger partial charge in [-0.3, -0.25) is 0 Å². The molecule has 3 rings (SSSR count). The molecule has 1 unspecified atom stereocenters. The molecule has 0 heterocycles. The Kier molecular flexibility index (Phi) is 3.77. The van der Waals surface area contributed by atoms with Crippen LogP contribution in [0.2, 0.25) is 0 Å². The van der Waals surface area contributed by atoms with Gasteiger partial charge in [-0.25, -0.2) is 8.78 Å². The number of rotatable bonds is 2. The van der Waals surface area contributed by atoms with Gasteiger partial charge in [0.2, 0.25) is 0 Å². The summed E-state index contributed by atoms with van der Waals surface area (Å²) >= 11 is 0. The molecular formula is C18H19F2N. The molecule has 0 spiro atoms. The second-order valence-electron chi connectivity index (χ2n) is 5.91. The number of aryl methyl sites for hydroxylation is 1. The maximum atomic E-state index is 14.0. The van der Waals surface area contributed by atoms with Gasteiger partial charge >= 0.3 is 0 Å². The van der Waals surface area contributed by atoms with Crippen LogP contribution in [0.3, 0.4) is 0 Å². The smallest absolute Gasteiger partial charge is 0.162 e. The molecule has 3 heteroatoms. The van der Waals surface area contributed by atoms with Crippen LogP contribution in [0.15, 0.2) is 42.5 Å². The molecule has 0 saturated carbocycles. The zero-order valence-corrected chi connectivity index (χ0v) is 11.9. The van der Waals surface area contributed by atoms with Gasteiger partial charge in [-0.2, -0.15) is 0 Å². The number of hydrogen-bond donors (Lipinski definition) is 1. The van der Waals surface area contributed by atoms with Crippen molar-refractivity contribution in [1.82, 2.24) is 0 Å². The van der Waals surface area contributed by atoms with Crippen molar-refractivity contribution in [3.8, 4) is 0 Å². The molecule has 0 amide bonds.